The first kappa shape index (κ1) is 22.7. The van der Waals surface area contributed by atoms with Crippen molar-refractivity contribution in [2.45, 2.75) is 13.5 Å². The summed E-state index contributed by atoms with van der Waals surface area (Å²) in [4.78, 5) is 12.5. The number of hydrogen-bond acceptors (Lipinski definition) is 4. The minimum atomic E-state index is -3.67. The van der Waals surface area contributed by atoms with Gasteiger partial charge in [0.15, 0.2) is 0 Å². The molecule has 1 amide bonds. The first-order valence-corrected chi connectivity index (χ1v) is 11.8. The number of ether oxygens (including phenoxy) is 1. The van der Waals surface area contributed by atoms with Crippen LogP contribution in [0, 0.1) is 6.92 Å². The van der Waals surface area contributed by atoms with Crippen molar-refractivity contribution in [3.05, 3.63) is 88.9 Å². The number of sulfonamides is 1. The van der Waals surface area contributed by atoms with Crippen LogP contribution in [0.1, 0.15) is 11.1 Å². The molecule has 0 aromatic heterocycles. The number of anilines is 2. The number of benzene rings is 3. The van der Waals surface area contributed by atoms with Gasteiger partial charge in [0, 0.05) is 10.7 Å². The molecule has 0 atom stereocenters. The van der Waals surface area contributed by atoms with Crippen molar-refractivity contribution >= 4 is 38.9 Å². The third-order valence-electron chi connectivity index (χ3n) is 4.50. The summed E-state index contributed by atoms with van der Waals surface area (Å²) in [6.07, 6.45) is 1.06. The summed E-state index contributed by atoms with van der Waals surface area (Å²) in [5.41, 5.74) is 2.66. The molecule has 6 nitrogen and oxygen atoms in total. The molecule has 0 unspecified atom stereocenters. The SMILES string of the molecule is Cc1cc(Cl)ccc1N(CC(=O)Nc1ccc(OCc2ccccc2)cc1)S(C)(=O)=O. The minimum Gasteiger partial charge on any atom is -0.489 e. The van der Waals surface area contributed by atoms with Crippen LogP contribution in [0.5, 0.6) is 5.75 Å². The molecular weight excluding hydrogens is 436 g/mol. The highest BCUT2D eigenvalue weighted by Gasteiger charge is 2.22. The maximum absolute atomic E-state index is 12.5. The summed E-state index contributed by atoms with van der Waals surface area (Å²) in [6.45, 7) is 1.83. The Bertz CT molecular complexity index is 1150. The predicted molar refractivity (Wildman–Crippen MR) is 124 cm³/mol. The van der Waals surface area contributed by atoms with Gasteiger partial charge in [-0.25, -0.2) is 8.42 Å². The maximum atomic E-state index is 12.5. The average Bonchev–Trinajstić information content (AvgIpc) is 2.72. The molecule has 8 heteroatoms. The van der Waals surface area contributed by atoms with Crippen molar-refractivity contribution in [3.8, 4) is 5.75 Å². The molecule has 0 radical (unpaired) electrons. The van der Waals surface area contributed by atoms with Gasteiger partial charge >= 0.3 is 0 Å². The van der Waals surface area contributed by atoms with E-state index in [2.05, 4.69) is 5.32 Å². The minimum absolute atomic E-state index is 0.354. The molecule has 0 spiro atoms. The Morgan fingerprint density at radius 1 is 1.03 bits per heavy atom. The van der Waals surface area contributed by atoms with E-state index in [4.69, 9.17) is 16.3 Å². The van der Waals surface area contributed by atoms with E-state index in [1.165, 1.54) is 0 Å². The fourth-order valence-electron chi connectivity index (χ4n) is 2.99. The first-order valence-electron chi connectivity index (χ1n) is 9.53. The Morgan fingerprint density at radius 2 is 1.71 bits per heavy atom. The van der Waals surface area contributed by atoms with Gasteiger partial charge in [0.2, 0.25) is 15.9 Å². The lowest BCUT2D eigenvalue weighted by atomic mass is 10.2. The normalized spacial score (nSPS) is 11.1. The van der Waals surface area contributed by atoms with E-state index in [9.17, 15) is 13.2 Å². The zero-order valence-corrected chi connectivity index (χ0v) is 18.8. The molecule has 3 aromatic rings. The molecular formula is C23H23ClN2O4S. The van der Waals surface area contributed by atoms with Gasteiger partial charge in [0.05, 0.1) is 11.9 Å². The second-order valence-electron chi connectivity index (χ2n) is 7.05. The number of nitrogens with one attached hydrogen (secondary N) is 1. The Morgan fingerprint density at radius 3 is 2.32 bits per heavy atom. The van der Waals surface area contributed by atoms with Crippen LogP contribution in [0.2, 0.25) is 5.02 Å². The van der Waals surface area contributed by atoms with E-state index in [0.717, 1.165) is 16.1 Å². The standard InChI is InChI=1S/C23H23ClN2O4S/c1-17-14-19(24)8-13-22(17)26(31(2,28)29)15-23(27)25-20-9-11-21(12-10-20)30-16-18-6-4-3-5-7-18/h3-14H,15-16H2,1-2H3,(H,25,27). The number of amides is 1. The highest BCUT2D eigenvalue weighted by Crippen LogP contribution is 2.25. The third-order valence-corrected chi connectivity index (χ3v) is 5.86. The summed E-state index contributed by atoms with van der Waals surface area (Å²) in [5.74, 6) is 0.203. The Hall–Kier alpha value is -3.03. The Kier molecular flexibility index (Phi) is 7.20. The van der Waals surface area contributed by atoms with Gasteiger partial charge < -0.3 is 10.1 Å². The maximum Gasteiger partial charge on any atom is 0.245 e. The van der Waals surface area contributed by atoms with Crippen LogP contribution < -0.4 is 14.4 Å². The van der Waals surface area contributed by atoms with Crippen LogP contribution in [-0.2, 0) is 21.4 Å². The van der Waals surface area contributed by atoms with Gasteiger partial charge in [0.1, 0.15) is 18.9 Å². The van der Waals surface area contributed by atoms with Crippen LogP contribution in [0.15, 0.2) is 72.8 Å². The average molecular weight is 459 g/mol. The number of halogens is 1. The number of nitrogens with zero attached hydrogens (tertiary/aromatic N) is 1. The van der Waals surface area contributed by atoms with Crippen molar-refractivity contribution in [3.63, 3.8) is 0 Å². The summed E-state index contributed by atoms with van der Waals surface area (Å²) >= 11 is 5.96. The molecule has 0 aliphatic rings. The number of aryl methyl sites for hydroxylation is 1. The molecule has 31 heavy (non-hydrogen) atoms. The molecule has 0 saturated carbocycles. The van der Waals surface area contributed by atoms with Crippen molar-refractivity contribution in [2.75, 3.05) is 22.4 Å². The molecule has 3 aromatic carbocycles. The van der Waals surface area contributed by atoms with Crippen LogP contribution in [-0.4, -0.2) is 27.1 Å². The molecule has 0 saturated heterocycles. The van der Waals surface area contributed by atoms with E-state index in [1.54, 1.807) is 49.4 Å². The highest BCUT2D eigenvalue weighted by molar-refractivity contribution is 7.92. The molecule has 0 aliphatic heterocycles. The molecule has 0 heterocycles. The summed E-state index contributed by atoms with van der Waals surface area (Å²) in [5, 5.41) is 3.21. The van der Waals surface area contributed by atoms with E-state index < -0.39 is 15.9 Å². The van der Waals surface area contributed by atoms with Crippen LogP contribution >= 0.6 is 11.6 Å². The van der Waals surface area contributed by atoms with Crippen LogP contribution in [0.25, 0.3) is 0 Å². The molecule has 0 aliphatic carbocycles. The lowest BCUT2D eigenvalue weighted by Gasteiger charge is -2.23. The first-order chi connectivity index (χ1) is 14.7. The smallest absolute Gasteiger partial charge is 0.245 e. The summed E-state index contributed by atoms with van der Waals surface area (Å²) in [6, 6.07) is 21.5. The number of carbonyl (C=O) groups is 1. The van der Waals surface area contributed by atoms with Crippen molar-refractivity contribution < 1.29 is 17.9 Å². The van der Waals surface area contributed by atoms with E-state index in [0.29, 0.717) is 34.3 Å². The molecule has 1 N–H and O–H groups in total. The zero-order chi connectivity index (χ0) is 22.4. The zero-order valence-electron chi connectivity index (χ0n) is 17.2. The van der Waals surface area contributed by atoms with Gasteiger partial charge in [-0.05, 0) is 60.5 Å². The van der Waals surface area contributed by atoms with E-state index in [1.807, 2.05) is 30.3 Å². The second kappa shape index (κ2) is 9.85. The van der Waals surface area contributed by atoms with Gasteiger partial charge in [-0.15, -0.1) is 0 Å². The lowest BCUT2D eigenvalue weighted by Crippen LogP contribution is -2.37. The van der Waals surface area contributed by atoms with Crippen molar-refractivity contribution in [2.24, 2.45) is 0 Å². The predicted octanol–water partition coefficient (Wildman–Crippen LogP) is 4.63. The van der Waals surface area contributed by atoms with Crippen LogP contribution in [0.3, 0.4) is 0 Å². The number of carbonyl (C=O) groups excluding carboxylic acids is 1. The van der Waals surface area contributed by atoms with Gasteiger partial charge in [0.25, 0.3) is 0 Å². The molecule has 0 fully saturated rings. The van der Waals surface area contributed by atoms with Gasteiger partial charge in [-0.1, -0.05) is 41.9 Å². The van der Waals surface area contributed by atoms with Crippen molar-refractivity contribution in [1.29, 1.82) is 0 Å². The summed E-state index contributed by atoms with van der Waals surface area (Å²) < 4.78 is 31.4. The molecule has 162 valence electrons. The fourth-order valence-corrected chi connectivity index (χ4v) is 4.13. The van der Waals surface area contributed by atoms with Crippen molar-refractivity contribution in [1.82, 2.24) is 0 Å². The third kappa shape index (κ3) is 6.47. The van der Waals surface area contributed by atoms with E-state index >= 15 is 0 Å². The lowest BCUT2D eigenvalue weighted by molar-refractivity contribution is -0.114. The van der Waals surface area contributed by atoms with Gasteiger partial charge in [-0.2, -0.15) is 0 Å². The quantitative estimate of drug-likeness (QED) is 0.534. The number of rotatable bonds is 8. The number of hydrogen-bond donors (Lipinski definition) is 1. The Balaban J connectivity index is 1.64. The summed E-state index contributed by atoms with van der Waals surface area (Å²) in [7, 11) is -3.67. The van der Waals surface area contributed by atoms with Gasteiger partial charge in [-0.3, -0.25) is 9.10 Å². The highest BCUT2D eigenvalue weighted by atomic mass is 35.5. The second-order valence-corrected chi connectivity index (χ2v) is 9.39. The molecule has 0 bridgehead atoms. The largest absolute Gasteiger partial charge is 0.489 e. The Labute approximate surface area is 187 Å². The topological polar surface area (TPSA) is 75.7 Å². The fraction of sp³-hybridized carbons (Fsp3) is 0.174. The monoisotopic (exact) mass is 458 g/mol. The van der Waals surface area contributed by atoms with E-state index in [-0.39, 0.29) is 6.54 Å². The molecule has 3 rings (SSSR count). The van der Waals surface area contributed by atoms with Crippen LogP contribution in [0.4, 0.5) is 11.4 Å².